The predicted molar refractivity (Wildman–Crippen MR) is 129 cm³/mol. The van der Waals surface area contributed by atoms with Gasteiger partial charge in [-0.05, 0) is 61.7 Å². The number of amides is 2. The molecule has 0 bridgehead atoms. The summed E-state index contributed by atoms with van der Waals surface area (Å²) in [7, 11) is 0. The number of nitrogens with one attached hydrogen (secondary N) is 2. The van der Waals surface area contributed by atoms with Gasteiger partial charge in [-0.1, -0.05) is 54.6 Å². The predicted octanol–water partition coefficient (Wildman–Crippen LogP) is 6.33. The Hall–Kier alpha value is -3.57. The highest BCUT2D eigenvalue weighted by molar-refractivity contribution is 6.01. The van der Waals surface area contributed by atoms with Gasteiger partial charge >= 0.3 is 6.03 Å². The van der Waals surface area contributed by atoms with Crippen molar-refractivity contribution in [3.63, 3.8) is 0 Å². The van der Waals surface area contributed by atoms with Crippen LogP contribution in [0, 0.1) is 13.8 Å². The first kappa shape index (κ1) is 21.7. The van der Waals surface area contributed by atoms with Crippen LogP contribution in [0.4, 0.5) is 16.2 Å². The largest absolute Gasteiger partial charge is 0.480 e. The molecule has 5 heteroatoms. The van der Waals surface area contributed by atoms with E-state index in [9.17, 15) is 4.79 Å². The number of para-hydroxylation sites is 1. The second-order valence-electron chi connectivity index (χ2n) is 8.32. The van der Waals surface area contributed by atoms with Gasteiger partial charge in [-0.25, -0.2) is 4.79 Å². The normalized spacial score (nSPS) is 16.7. The molecule has 0 saturated carbocycles. The molecular weight excluding hydrogens is 400 g/mol. The maximum Gasteiger partial charge on any atom is 0.323 e. The average molecular weight is 429 g/mol. The molecule has 0 radical (unpaired) electrons. The summed E-state index contributed by atoms with van der Waals surface area (Å²) in [6, 6.07) is 21.4. The average Bonchev–Trinajstić information content (AvgIpc) is 2.77. The van der Waals surface area contributed by atoms with E-state index in [1.54, 1.807) is 0 Å². The highest BCUT2D eigenvalue weighted by Gasteiger charge is 2.28. The van der Waals surface area contributed by atoms with Crippen LogP contribution in [0.2, 0.25) is 0 Å². The van der Waals surface area contributed by atoms with Crippen LogP contribution < -0.4 is 15.4 Å². The van der Waals surface area contributed by atoms with Crippen LogP contribution in [0.5, 0.6) is 5.75 Å². The molecule has 3 aromatic carbocycles. The Bertz CT molecular complexity index is 1120. The molecule has 4 rings (SSSR count). The van der Waals surface area contributed by atoms with Crippen LogP contribution in [0.3, 0.4) is 0 Å². The molecule has 0 spiro atoms. The van der Waals surface area contributed by atoms with Crippen LogP contribution in [0.15, 0.2) is 72.8 Å². The molecule has 2 N–H and O–H groups in total. The molecule has 1 atom stereocenters. The van der Waals surface area contributed by atoms with Crippen LogP contribution in [-0.2, 0) is 11.3 Å². The van der Waals surface area contributed by atoms with E-state index in [-0.39, 0.29) is 6.03 Å². The summed E-state index contributed by atoms with van der Waals surface area (Å²) < 4.78 is 12.1. The number of ether oxygens (including phenoxy) is 2. The number of hydrogen-bond acceptors (Lipinski definition) is 3. The Morgan fingerprint density at radius 1 is 0.969 bits per heavy atom. The summed E-state index contributed by atoms with van der Waals surface area (Å²) in [5.74, 6) is 0.763. The van der Waals surface area contributed by atoms with E-state index >= 15 is 0 Å². The van der Waals surface area contributed by atoms with Crippen molar-refractivity contribution in [3.05, 3.63) is 95.1 Å². The summed E-state index contributed by atoms with van der Waals surface area (Å²) in [6.45, 7) is 6.94. The van der Waals surface area contributed by atoms with E-state index in [0.29, 0.717) is 18.9 Å². The van der Waals surface area contributed by atoms with Crippen molar-refractivity contribution in [3.8, 4) is 5.75 Å². The third-order valence-electron chi connectivity index (χ3n) is 5.45. The van der Waals surface area contributed by atoms with Crippen LogP contribution >= 0.6 is 0 Å². The summed E-state index contributed by atoms with van der Waals surface area (Å²) in [4.78, 5) is 12.5. The molecule has 5 nitrogen and oxygen atoms in total. The van der Waals surface area contributed by atoms with Crippen LogP contribution in [-0.4, -0.2) is 18.2 Å². The van der Waals surface area contributed by atoms with Crippen molar-refractivity contribution >= 4 is 23.5 Å². The fourth-order valence-corrected chi connectivity index (χ4v) is 3.71. The first-order valence-corrected chi connectivity index (χ1v) is 10.7. The number of hydrogen-bond donors (Lipinski definition) is 2. The minimum Gasteiger partial charge on any atom is -0.480 e. The van der Waals surface area contributed by atoms with E-state index in [2.05, 4.69) is 10.6 Å². The van der Waals surface area contributed by atoms with E-state index < -0.39 is 5.60 Å². The molecule has 164 valence electrons. The van der Waals surface area contributed by atoms with E-state index in [4.69, 9.17) is 9.47 Å². The molecule has 0 aliphatic carbocycles. The van der Waals surface area contributed by atoms with Crippen molar-refractivity contribution in [1.29, 1.82) is 0 Å². The number of carbonyl (C=O) groups excluding carboxylic acids is 1. The van der Waals surface area contributed by atoms with Crippen molar-refractivity contribution in [2.75, 3.05) is 17.2 Å². The van der Waals surface area contributed by atoms with Crippen LogP contribution in [0.25, 0.3) is 6.08 Å². The third kappa shape index (κ3) is 5.18. The van der Waals surface area contributed by atoms with Crippen LogP contribution in [0.1, 0.15) is 29.2 Å². The number of aryl methyl sites for hydroxylation is 2. The van der Waals surface area contributed by atoms with E-state index in [1.807, 2.05) is 99.7 Å². The fraction of sp³-hybridized carbons (Fsp3) is 0.222. The van der Waals surface area contributed by atoms with Gasteiger partial charge in [0.15, 0.2) is 0 Å². The molecule has 1 aliphatic heterocycles. The van der Waals surface area contributed by atoms with Crippen molar-refractivity contribution in [2.24, 2.45) is 0 Å². The summed E-state index contributed by atoms with van der Waals surface area (Å²) in [6.07, 6.45) is 4.01. The Labute approximate surface area is 189 Å². The van der Waals surface area contributed by atoms with Gasteiger partial charge in [0.2, 0.25) is 0 Å². The van der Waals surface area contributed by atoms with E-state index in [1.165, 1.54) is 0 Å². The highest BCUT2D eigenvalue weighted by Crippen LogP contribution is 2.33. The Balaban J connectivity index is 1.37. The molecule has 0 fully saturated rings. The number of benzene rings is 3. The lowest BCUT2D eigenvalue weighted by atomic mass is 10.0. The molecule has 1 aliphatic rings. The van der Waals surface area contributed by atoms with Crippen molar-refractivity contribution < 1.29 is 14.3 Å². The smallest absolute Gasteiger partial charge is 0.323 e. The third-order valence-corrected chi connectivity index (χ3v) is 5.45. The van der Waals surface area contributed by atoms with Gasteiger partial charge in [-0.3, -0.25) is 0 Å². The zero-order valence-corrected chi connectivity index (χ0v) is 18.6. The molecule has 0 saturated heterocycles. The first-order chi connectivity index (χ1) is 15.4. The number of fused-ring (bicyclic) bond motifs is 1. The van der Waals surface area contributed by atoms with Gasteiger partial charge in [-0.15, -0.1) is 0 Å². The topological polar surface area (TPSA) is 59.6 Å². The standard InChI is InChI=1S/C27H28N2O3/c1-19-8-7-9-20(2)25(19)29-26(30)28-23-12-13-24-22(16-23)14-15-27(3,32-24)18-31-17-21-10-5-4-6-11-21/h4-16H,17-18H2,1-3H3,(H2,28,29,30). The summed E-state index contributed by atoms with van der Waals surface area (Å²) in [5, 5.41) is 5.84. The Morgan fingerprint density at radius 3 is 2.47 bits per heavy atom. The Morgan fingerprint density at radius 2 is 1.72 bits per heavy atom. The molecule has 1 heterocycles. The maximum atomic E-state index is 12.5. The SMILES string of the molecule is Cc1cccc(C)c1NC(=O)Nc1ccc2c(c1)C=CC(C)(COCc1ccccc1)O2. The molecule has 0 aromatic heterocycles. The zero-order chi connectivity index (χ0) is 22.6. The monoisotopic (exact) mass is 428 g/mol. The molecule has 32 heavy (non-hydrogen) atoms. The van der Waals surface area contributed by atoms with E-state index in [0.717, 1.165) is 33.7 Å². The number of anilines is 2. The van der Waals surface area contributed by atoms with Crippen molar-refractivity contribution in [1.82, 2.24) is 0 Å². The second-order valence-corrected chi connectivity index (χ2v) is 8.32. The quantitative estimate of drug-likeness (QED) is 0.482. The maximum absolute atomic E-state index is 12.5. The zero-order valence-electron chi connectivity index (χ0n) is 18.6. The van der Waals surface area contributed by atoms with Gasteiger partial charge in [-0.2, -0.15) is 0 Å². The van der Waals surface area contributed by atoms with Gasteiger partial charge in [0.05, 0.1) is 13.2 Å². The number of carbonyl (C=O) groups is 1. The highest BCUT2D eigenvalue weighted by atomic mass is 16.5. The fourth-order valence-electron chi connectivity index (χ4n) is 3.71. The number of rotatable bonds is 6. The lowest BCUT2D eigenvalue weighted by Crippen LogP contribution is -2.37. The summed E-state index contributed by atoms with van der Waals surface area (Å²) in [5.41, 5.74) is 5.08. The number of urea groups is 1. The van der Waals surface area contributed by atoms with Gasteiger partial charge in [0.25, 0.3) is 0 Å². The Kier molecular flexibility index (Phi) is 6.28. The summed E-state index contributed by atoms with van der Waals surface area (Å²) >= 11 is 0. The first-order valence-electron chi connectivity index (χ1n) is 10.7. The second kappa shape index (κ2) is 9.28. The van der Waals surface area contributed by atoms with Gasteiger partial charge in [0.1, 0.15) is 11.4 Å². The minimum absolute atomic E-state index is 0.276. The minimum atomic E-state index is -0.545. The van der Waals surface area contributed by atoms with Crippen molar-refractivity contribution in [2.45, 2.75) is 33.0 Å². The molecular formula is C27H28N2O3. The lowest BCUT2D eigenvalue weighted by Gasteiger charge is -2.31. The van der Waals surface area contributed by atoms with Gasteiger partial charge < -0.3 is 20.1 Å². The molecule has 3 aromatic rings. The van der Waals surface area contributed by atoms with Gasteiger partial charge in [0, 0.05) is 16.9 Å². The lowest BCUT2D eigenvalue weighted by molar-refractivity contribution is 0.00632. The molecule has 1 unspecified atom stereocenters. The molecule has 2 amide bonds.